The second-order valence-corrected chi connectivity index (χ2v) is 11.1. The number of fused-ring (bicyclic) bond motifs is 1. The van der Waals surface area contributed by atoms with Gasteiger partial charge in [0, 0.05) is 32.5 Å². The third-order valence-corrected chi connectivity index (χ3v) is 10.0. The first-order valence-corrected chi connectivity index (χ1v) is 12.6. The fourth-order valence-corrected chi connectivity index (χ4v) is 8.97. The van der Waals surface area contributed by atoms with Gasteiger partial charge in [0.2, 0.25) is 0 Å². The largest absolute Gasteiger partial charge is 0.457 e. The van der Waals surface area contributed by atoms with Gasteiger partial charge in [0.05, 0.1) is 5.66 Å². The van der Waals surface area contributed by atoms with Gasteiger partial charge < -0.3 is 9.30 Å². The monoisotopic (exact) mass is 420 g/mol. The van der Waals surface area contributed by atoms with Crippen molar-refractivity contribution < 1.29 is 9.30 Å². The molecule has 1 aliphatic heterocycles. The van der Waals surface area contributed by atoms with Crippen molar-refractivity contribution in [3.8, 4) is 5.75 Å². The maximum Gasteiger partial charge on any atom is 0.155 e. The average molecular weight is 420 g/mol. The number of rotatable bonds is 4. The molecule has 0 aliphatic carbocycles. The molecule has 0 spiro atoms. The normalized spacial score (nSPS) is 16.1. The van der Waals surface area contributed by atoms with E-state index in [9.17, 15) is 4.57 Å². The Kier molecular flexibility index (Phi) is 4.56. The molecular weight excluding hydrogens is 403 g/mol. The minimum atomic E-state index is -2.93. The molecule has 1 unspecified atom stereocenters. The predicted octanol–water partition coefficient (Wildman–Crippen LogP) is 6.30. The lowest BCUT2D eigenvalue weighted by Gasteiger charge is -2.31. The fraction of sp³-hybridized carbons (Fsp3) is 0.0435. The molecular formula is C23H17O2PS2. The molecule has 5 heteroatoms. The third kappa shape index (κ3) is 2.89. The van der Waals surface area contributed by atoms with Crippen LogP contribution in [0.5, 0.6) is 5.75 Å². The summed E-state index contributed by atoms with van der Waals surface area (Å²) >= 11 is 3.17. The molecule has 4 aromatic rings. The molecule has 3 heterocycles. The minimum absolute atomic E-state index is 0.267. The van der Waals surface area contributed by atoms with E-state index in [1.165, 1.54) is 0 Å². The van der Waals surface area contributed by atoms with Crippen molar-refractivity contribution in [1.29, 1.82) is 0 Å². The first kappa shape index (κ1) is 17.7. The number of para-hydroxylation sites is 1. The maximum atomic E-state index is 14.7. The van der Waals surface area contributed by atoms with Crippen molar-refractivity contribution in [2.45, 2.75) is 5.66 Å². The average Bonchev–Trinajstić information content (AvgIpc) is 3.48. The number of hydrogen-bond donors (Lipinski definition) is 0. The summed E-state index contributed by atoms with van der Waals surface area (Å²) in [4.78, 5) is 0. The highest BCUT2D eigenvalue weighted by atomic mass is 32.1. The van der Waals surface area contributed by atoms with E-state index in [0.29, 0.717) is 0 Å². The molecule has 0 radical (unpaired) electrons. The van der Waals surface area contributed by atoms with Crippen LogP contribution in [0.1, 0.15) is 16.8 Å². The molecule has 2 aromatic carbocycles. The fourth-order valence-electron chi connectivity index (χ4n) is 3.62. The molecule has 0 saturated carbocycles. The number of benzene rings is 2. The zero-order chi connectivity index (χ0) is 19.0. The van der Waals surface area contributed by atoms with Crippen molar-refractivity contribution in [3.05, 3.63) is 105 Å². The summed E-state index contributed by atoms with van der Waals surface area (Å²) in [6.07, 6.45) is 2.05. The van der Waals surface area contributed by atoms with Gasteiger partial charge >= 0.3 is 0 Å². The highest BCUT2D eigenvalue weighted by molar-refractivity contribution is 7.79. The summed E-state index contributed by atoms with van der Waals surface area (Å²) in [6, 6.07) is 22.0. The first-order valence-electron chi connectivity index (χ1n) is 8.96. The number of allylic oxidation sites excluding steroid dienone is 1. The van der Waals surface area contributed by atoms with Crippen LogP contribution in [-0.4, -0.2) is 0 Å². The highest BCUT2D eigenvalue weighted by Gasteiger charge is 2.41. The summed E-state index contributed by atoms with van der Waals surface area (Å²) in [5.41, 5.74) is 1.70. The van der Waals surface area contributed by atoms with Gasteiger partial charge in [-0.05, 0) is 35.0 Å². The van der Waals surface area contributed by atoms with E-state index in [0.717, 1.165) is 33.2 Å². The maximum absolute atomic E-state index is 14.7. The van der Waals surface area contributed by atoms with Gasteiger partial charge in [-0.15, -0.1) is 0 Å². The van der Waals surface area contributed by atoms with Crippen LogP contribution in [0.25, 0.3) is 5.76 Å². The molecule has 2 aromatic heterocycles. The Morgan fingerprint density at radius 1 is 0.786 bits per heavy atom. The second kappa shape index (κ2) is 7.21. The van der Waals surface area contributed by atoms with Crippen LogP contribution in [0.15, 0.2) is 94.3 Å². The van der Waals surface area contributed by atoms with Crippen molar-refractivity contribution in [2.75, 3.05) is 0 Å². The summed E-state index contributed by atoms with van der Waals surface area (Å²) in [5.74, 6) is 1.54. The Bertz CT molecular complexity index is 1120. The van der Waals surface area contributed by atoms with E-state index >= 15 is 0 Å². The Hall–Kier alpha value is -2.39. The summed E-state index contributed by atoms with van der Waals surface area (Å²) < 4.78 is 21.0. The van der Waals surface area contributed by atoms with Crippen LogP contribution < -0.4 is 15.3 Å². The minimum Gasteiger partial charge on any atom is -0.457 e. The lowest BCUT2D eigenvalue weighted by molar-refractivity contribution is 0.494. The molecule has 0 saturated heterocycles. The lowest BCUT2D eigenvalue weighted by Crippen LogP contribution is -2.21. The third-order valence-electron chi connectivity index (χ3n) is 5.00. The molecule has 0 N–H and O–H groups in total. The Morgan fingerprint density at radius 2 is 1.43 bits per heavy atom. The van der Waals surface area contributed by atoms with E-state index in [1.54, 1.807) is 22.7 Å². The summed E-state index contributed by atoms with van der Waals surface area (Å²) in [5, 5.41) is 9.85. The summed E-state index contributed by atoms with van der Waals surface area (Å²) in [7, 11) is -2.93. The smallest absolute Gasteiger partial charge is 0.155 e. The summed E-state index contributed by atoms with van der Waals surface area (Å²) in [6.45, 7) is 0. The first-order chi connectivity index (χ1) is 13.8. The number of ether oxygens (including phenoxy) is 1. The SMILES string of the molecule is O=P(c1ccsc1)(c1ccsc1)C1C=C(c2ccccc2)Oc2ccccc21. The number of thiophene rings is 2. The van der Waals surface area contributed by atoms with E-state index < -0.39 is 7.14 Å². The standard InChI is InChI=1S/C23H17O2PS2/c24-26(18-10-12-27-15-18,19-11-13-28-16-19)23-14-22(17-6-2-1-3-7-17)25-21-9-5-4-8-20(21)23/h1-16,23H. The van der Waals surface area contributed by atoms with E-state index in [-0.39, 0.29) is 5.66 Å². The highest BCUT2D eigenvalue weighted by Crippen LogP contribution is 2.62. The molecule has 5 rings (SSSR count). The van der Waals surface area contributed by atoms with Gasteiger partial charge in [0.25, 0.3) is 0 Å². The van der Waals surface area contributed by atoms with Crippen LogP contribution in [0.3, 0.4) is 0 Å². The van der Waals surface area contributed by atoms with Crippen molar-refractivity contribution >= 4 is 46.2 Å². The molecule has 0 fully saturated rings. The molecule has 0 bridgehead atoms. The van der Waals surface area contributed by atoms with Crippen LogP contribution in [0.2, 0.25) is 0 Å². The van der Waals surface area contributed by atoms with Crippen LogP contribution in [0.4, 0.5) is 0 Å². The lowest BCUT2D eigenvalue weighted by atomic mass is 10.0. The van der Waals surface area contributed by atoms with Gasteiger partial charge in [0.15, 0.2) is 7.14 Å². The van der Waals surface area contributed by atoms with E-state index in [4.69, 9.17) is 4.74 Å². The Morgan fingerprint density at radius 3 is 2.07 bits per heavy atom. The molecule has 138 valence electrons. The van der Waals surface area contributed by atoms with Crippen LogP contribution >= 0.6 is 29.8 Å². The van der Waals surface area contributed by atoms with Gasteiger partial charge in [-0.2, -0.15) is 22.7 Å². The van der Waals surface area contributed by atoms with E-state index in [1.807, 2.05) is 94.3 Å². The van der Waals surface area contributed by atoms with E-state index in [2.05, 4.69) is 0 Å². The zero-order valence-electron chi connectivity index (χ0n) is 14.9. The molecule has 1 aliphatic rings. The molecule has 28 heavy (non-hydrogen) atoms. The Balaban J connectivity index is 1.76. The zero-order valence-corrected chi connectivity index (χ0v) is 17.4. The second-order valence-electron chi connectivity index (χ2n) is 6.60. The van der Waals surface area contributed by atoms with Crippen molar-refractivity contribution in [1.82, 2.24) is 0 Å². The van der Waals surface area contributed by atoms with Crippen LogP contribution in [0, 0.1) is 0 Å². The van der Waals surface area contributed by atoms with Gasteiger partial charge in [-0.3, -0.25) is 0 Å². The topological polar surface area (TPSA) is 26.3 Å². The molecule has 1 atom stereocenters. The predicted molar refractivity (Wildman–Crippen MR) is 120 cm³/mol. The van der Waals surface area contributed by atoms with Crippen molar-refractivity contribution in [3.63, 3.8) is 0 Å². The van der Waals surface area contributed by atoms with Gasteiger partial charge in [0.1, 0.15) is 11.5 Å². The molecule has 2 nitrogen and oxygen atoms in total. The van der Waals surface area contributed by atoms with Gasteiger partial charge in [-0.25, -0.2) is 0 Å². The van der Waals surface area contributed by atoms with Crippen molar-refractivity contribution in [2.24, 2.45) is 0 Å². The molecule has 0 amide bonds. The Labute approximate surface area is 172 Å². The van der Waals surface area contributed by atoms with Gasteiger partial charge in [-0.1, -0.05) is 48.5 Å². The number of hydrogen-bond acceptors (Lipinski definition) is 4. The van der Waals surface area contributed by atoms with Crippen LogP contribution in [-0.2, 0) is 4.57 Å². The quantitative estimate of drug-likeness (QED) is 0.362.